The van der Waals surface area contributed by atoms with Crippen molar-refractivity contribution < 1.29 is 9.90 Å². The van der Waals surface area contributed by atoms with Gasteiger partial charge in [-0.2, -0.15) is 0 Å². The normalized spacial score (nSPS) is 35.2. The van der Waals surface area contributed by atoms with Gasteiger partial charge in [0.05, 0.1) is 0 Å². The van der Waals surface area contributed by atoms with Gasteiger partial charge in [0, 0.05) is 13.1 Å². The van der Waals surface area contributed by atoms with Crippen LogP contribution in [0.2, 0.25) is 0 Å². The van der Waals surface area contributed by atoms with Crippen LogP contribution in [0, 0.1) is 11.8 Å². The summed E-state index contributed by atoms with van der Waals surface area (Å²) in [5, 5.41) is 8.93. The first-order valence-electron chi connectivity index (χ1n) is 5.65. The molecule has 0 amide bonds. The van der Waals surface area contributed by atoms with Crippen LogP contribution < -0.4 is 0 Å². The fourth-order valence-corrected chi connectivity index (χ4v) is 2.91. The Morgan fingerprint density at radius 1 is 1.29 bits per heavy atom. The number of likely N-dealkylation sites (tertiary alicyclic amines) is 1. The zero-order valence-corrected chi connectivity index (χ0v) is 8.78. The third-order valence-electron chi connectivity index (χ3n) is 3.91. The van der Waals surface area contributed by atoms with Crippen LogP contribution in [0.1, 0.15) is 32.6 Å². The van der Waals surface area contributed by atoms with Crippen molar-refractivity contribution in [2.75, 3.05) is 13.1 Å². The lowest BCUT2D eigenvalue weighted by molar-refractivity contribution is -0.142. The molecule has 80 valence electrons. The molecule has 2 fully saturated rings. The summed E-state index contributed by atoms with van der Waals surface area (Å²) in [5.74, 6) is 0.889. The molecule has 3 unspecified atom stereocenters. The van der Waals surface area contributed by atoms with E-state index in [0.29, 0.717) is 0 Å². The molecule has 1 saturated carbocycles. The lowest BCUT2D eigenvalue weighted by atomic mass is 9.82. The zero-order chi connectivity index (χ0) is 10.1. The average Bonchev–Trinajstić information content (AvgIpc) is 2.59. The maximum absolute atomic E-state index is 10.9. The van der Waals surface area contributed by atoms with Crippen molar-refractivity contribution in [2.24, 2.45) is 11.8 Å². The Balaban J connectivity index is 1.95. The van der Waals surface area contributed by atoms with E-state index in [9.17, 15) is 4.79 Å². The molecule has 1 aliphatic carbocycles. The van der Waals surface area contributed by atoms with Crippen molar-refractivity contribution in [1.82, 2.24) is 4.90 Å². The van der Waals surface area contributed by atoms with E-state index >= 15 is 0 Å². The summed E-state index contributed by atoms with van der Waals surface area (Å²) in [6, 6.07) is -0.291. The number of hydrogen-bond acceptors (Lipinski definition) is 2. The minimum Gasteiger partial charge on any atom is -0.480 e. The highest BCUT2D eigenvalue weighted by atomic mass is 16.4. The first-order chi connectivity index (χ1) is 6.68. The van der Waals surface area contributed by atoms with E-state index in [1.165, 1.54) is 25.7 Å². The van der Waals surface area contributed by atoms with Gasteiger partial charge in [-0.1, -0.05) is 12.8 Å². The van der Waals surface area contributed by atoms with E-state index in [-0.39, 0.29) is 6.04 Å². The van der Waals surface area contributed by atoms with Crippen LogP contribution in [0.5, 0.6) is 0 Å². The van der Waals surface area contributed by atoms with Crippen LogP contribution in [0.15, 0.2) is 0 Å². The molecule has 3 atom stereocenters. The molecule has 0 aromatic heterocycles. The molecule has 2 rings (SSSR count). The molecule has 2 aliphatic rings. The van der Waals surface area contributed by atoms with E-state index in [0.717, 1.165) is 24.9 Å². The summed E-state index contributed by atoms with van der Waals surface area (Å²) < 4.78 is 0. The fourth-order valence-electron chi connectivity index (χ4n) is 2.91. The number of carbonyl (C=O) groups is 1. The maximum atomic E-state index is 10.9. The molecular weight excluding hydrogens is 178 g/mol. The molecule has 3 nitrogen and oxygen atoms in total. The van der Waals surface area contributed by atoms with Crippen molar-refractivity contribution in [1.29, 1.82) is 0 Å². The number of aliphatic carboxylic acids is 1. The second-order valence-electron chi connectivity index (χ2n) is 4.77. The molecular formula is C11H19NO2. The van der Waals surface area contributed by atoms with Crippen molar-refractivity contribution >= 4 is 5.97 Å². The predicted molar refractivity (Wildman–Crippen MR) is 54.1 cm³/mol. The molecule has 0 radical (unpaired) electrons. The van der Waals surface area contributed by atoms with Crippen molar-refractivity contribution in [3.05, 3.63) is 0 Å². The largest absolute Gasteiger partial charge is 0.480 e. The predicted octanol–water partition coefficient (Wildman–Crippen LogP) is 1.58. The van der Waals surface area contributed by atoms with E-state index in [1.807, 2.05) is 0 Å². The van der Waals surface area contributed by atoms with Gasteiger partial charge in [-0.25, -0.2) is 0 Å². The smallest absolute Gasteiger partial charge is 0.320 e. The van der Waals surface area contributed by atoms with E-state index in [1.54, 1.807) is 6.92 Å². The highest BCUT2D eigenvalue weighted by molar-refractivity contribution is 5.72. The molecule has 14 heavy (non-hydrogen) atoms. The number of nitrogens with zero attached hydrogens (tertiary/aromatic N) is 1. The van der Waals surface area contributed by atoms with Crippen LogP contribution >= 0.6 is 0 Å². The summed E-state index contributed by atoms with van der Waals surface area (Å²) in [7, 11) is 0. The van der Waals surface area contributed by atoms with Gasteiger partial charge in [0.15, 0.2) is 0 Å². The maximum Gasteiger partial charge on any atom is 0.320 e. The van der Waals surface area contributed by atoms with Crippen LogP contribution in [-0.2, 0) is 4.79 Å². The number of fused-ring (bicyclic) bond motifs is 1. The van der Waals surface area contributed by atoms with E-state index in [4.69, 9.17) is 5.11 Å². The molecule has 0 spiro atoms. The van der Waals surface area contributed by atoms with Crippen LogP contribution in [0.4, 0.5) is 0 Å². The number of carboxylic acid groups (broad SMARTS) is 1. The van der Waals surface area contributed by atoms with Crippen LogP contribution in [0.25, 0.3) is 0 Å². The van der Waals surface area contributed by atoms with Crippen LogP contribution in [-0.4, -0.2) is 35.1 Å². The lowest BCUT2D eigenvalue weighted by Crippen LogP contribution is -2.37. The van der Waals surface area contributed by atoms with Gasteiger partial charge in [0.1, 0.15) is 6.04 Å². The summed E-state index contributed by atoms with van der Waals surface area (Å²) in [5.41, 5.74) is 0. The Hall–Kier alpha value is -0.570. The molecule has 1 heterocycles. The van der Waals surface area contributed by atoms with Gasteiger partial charge in [-0.3, -0.25) is 9.69 Å². The van der Waals surface area contributed by atoms with Gasteiger partial charge in [0.2, 0.25) is 0 Å². The highest BCUT2D eigenvalue weighted by Gasteiger charge is 2.37. The SMILES string of the molecule is CC(C(=O)O)N1CC2CCCCC2C1. The molecule has 0 aromatic rings. The topological polar surface area (TPSA) is 40.5 Å². The van der Waals surface area contributed by atoms with Crippen LogP contribution in [0.3, 0.4) is 0 Å². The van der Waals surface area contributed by atoms with Crippen molar-refractivity contribution in [2.45, 2.75) is 38.6 Å². The lowest BCUT2D eigenvalue weighted by Gasteiger charge is -2.23. The van der Waals surface area contributed by atoms with Gasteiger partial charge in [-0.15, -0.1) is 0 Å². The second kappa shape index (κ2) is 3.89. The fraction of sp³-hybridized carbons (Fsp3) is 0.909. The van der Waals surface area contributed by atoms with Gasteiger partial charge < -0.3 is 5.11 Å². The summed E-state index contributed by atoms with van der Waals surface area (Å²) in [4.78, 5) is 13.0. The Morgan fingerprint density at radius 3 is 2.21 bits per heavy atom. The van der Waals surface area contributed by atoms with E-state index in [2.05, 4.69) is 4.90 Å². The zero-order valence-electron chi connectivity index (χ0n) is 8.78. The molecule has 3 heteroatoms. The number of hydrogen-bond donors (Lipinski definition) is 1. The Kier molecular flexibility index (Phi) is 2.77. The summed E-state index contributed by atoms with van der Waals surface area (Å²) >= 11 is 0. The van der Waals surface area contributed by atoms with Crippen molar-refractivity contribution in [3.63, 3.8) is 0 Å². The Morgan fingerprint density at radius 2 is 1.79 bits per heavy atom. The van der Waals surface area contributed by atoms with Gasteiger partial charge >= 0.3 is 5.97 Å². The van der Waals surface area contributed by atoms with Crippen molar-refractivity contribution in [3.8, 4) is 0 Å². The second-order valence-corrected chi connectivity index (χ2v) is 4.77. The summed E-state index contributed by atoms with van der Waals surface area (Å²) in [6.07, 6.45) is 5.31. The first kappa shape index (κ1) is 9.97. The van der Waals surface area contributed by atoms with E-state index < -0.39 is 5.97 Å². The molecule has 1 aliphatic heterocycles. The molecule has 1 saturated heterocycles. The van der Waals surface area contributed by atoms with Gasteiger partial charge in [-0.05, 0) is 31.6 Å². The monoisotopic (exact) mass is 197 g/mol. The number of rotatable bonds is 2. The average molecular weight is 197 g/mol. The quantitative estimate of drug-likeness (QED) is 0.730. The van der Waals surface area contributed by atoms with Gasteiger partial charge in [0.25, 0.3) is 0 Å². The Bertz CT molecular complexity index is 215. The molecule has 0 bridgehead atoms. The third kappa shape index (κ3) is 1.78. The Labute approximate surface area is 85.1 Å². The minimum absolute atomic E-state index is 0.291. The third-order valence-corrected chi connectivity index (χ3v) is 3.91. The standard InChI is InChI=1S/C11H19NO2/c1-8(11(13)14)12-6-9-4-2-3-5-10(9)7-12/h8-10H,2-7H2,1H3,(H,13,14). The molecule has 1 N–H and O–H groups in total. The molecule has 0 aromatic carbocycles. The number of carboxylic acids is 1. The summed E-state index contributed by atoms with van der Waals surface area (Å²) in [6.45, 7) is 3.83. The first-order valence-corrected chi connectivity index (χ1v) is 5.65. The minimum atomic E-state index is -0.677. The highest BCUT2D eigenvalue weighted by Crippen LogP contribution is 2.36.